The first-order valence-electron chi connectivity index (χ1n) is 15.1. The van der Waals surface area contributed by atoms with E-state index in [1.54, 1.807) is 9.80 Å². The largest absolute Gasteiger partial charge is 0.380 e. The summed E-state index contributed by atoms with van der Waals surface area (Å²) >= 11 is 0. The fourth-order valence-corrected chi connectivity index (χ4v) is 7.91. The van der Waals surface area contributed by atoms with Gasteiger partial charge in [0.1, 0.15) is 18.1 Å². The number of carbonyl (C=O) groups is 4. The van der Waals surface area contributed by atoms with Crippen LogP contribution in [0.4, 0.5) is 4.79 Å². The van der Waals surface area contributed by atoms with Crippen molar-refractivity contribution in [2.75, 3.05) is 32.8 Å². The highest BCUT2D eigenvalue weighted by Crippen LogP contribution is 2.65. The first-order chi connectivity index (χ1) is 19.2. The van der Waals surface area contributed by atoms with Crippen molar-refractivity contribution in [1.82, 2.24) is 25.8 Å². The Labute approximate surface area is 242 Å². The molecule has 224 valence electrons. The van der Waals surface area contributed by atoms with Gasteiger partial charge in [0.15, 0.2) is 0 Å². The topological polar surface area (TPSA) is 144 Å². The van der Waals surface area contributed by atoms with Crippen LogP contribution in [0.15, 0.2) is 0 Å². The molecular weight excluding hydrogens is 524 g/mol. The van der Waals surface area contributed by atoms with Crippen molar-refractivity contribution < 1.29 is 23.9 Å². The molecule has 0 unspecified atom stereocenters. The van der Waals surface area contributed by atoms with Crippen molar-refractivity contribution in [3.63, 3.8) is 0 Å². The molecule has 0 bridgehead atoms. The molecule has 4 saturated heterocycles. The Morgan fingerprint density at radius 1 is 1.17 bits per heavy atom. The van der Waals surface area contributed by atoms with Gasteiger partial charge >= 0.3 is 6.03 Å². The van der Waals surface area contributed by atoms with Gasteiger partial charge in [0.05, 0.1) is 19.3 Å². The Morgan fingerprint density at radius 3 is 2.41 bits per heavy atom. The average Bonchev–Trinajstić information content (AvgIpc) is 3.45. The van der Waals surface area contributed by atoms with Crippen LogP contribution in [-0.2, 0) is 19.1 Å². The number of hydrogen-bond donors (Lipinski definition) is 3. The Kier molecular flexibility index (Phi) is 6.42. The number of amides is 5. The summed E-state index contributed by atoms with van der Waals surface area (Å²) < 4.78 is 5.39. The van der Waals surface area contributed by atoms with Crippen molar-refractivity contribution in [2.24, 2.45) is 34.0 Å². The lowest BCUT2D eigenvalue weighted by molar-refractivity contribution is -0.144. The van der Waals surface area contributed by atoms with E-state index in [0.29, 0.717) is 39.3 Å². The van der Waals surface area contributed by atoms with Crippen LogP contribution in [0.2, 0.25) is 0 Å². The van der Waals surface area contributed by atoms with Crippen molar-refractivity contribution >= 4 is 23.8 Å². The molecular formula is C30H44N6O5. The molecule has 4 heterocycles. The number of piperidine rings is 1. The SMILES string of the molecule is CC(C)(C)[C@H](NC(=O)N1CCC2(COC2)C1)C(=O)N1C[C@H]2[C@@H]([C@H]1C(=O)N[C@H](C#N)C[C@@H]1CC3(CC3)NC1=O)C2(C)C. The quantitative estimate of drug-likeness (QED) is 0.442. The third-order valence-corrected chi connectivity index (χ3v) is 10.9. The normalized spacial score (nSPS) is 32.9. The van der Waals surface area contributed by atoms with Crippen molar-refractivity contribution in [3.05, 3.63) is 0 Å². The van der Waals surface area contributed by atoms with Crippen LogP contribution in [-0.4, -0.2) is 90.1 Å². The fourth-order valence-electron chi connectivity index (χ4n) is 7.91. The van der Waals surface area contributed by atoms with Crippen LogP contribution in [0.1, 0.15) is 66.7 Å². The van der Waals surface area contributed by atoms with E-state index in [2.05, 4.69) is 35.9 Å². The number of ether oxygens (including phenoxy) is 1. The highest BCUT2D eigenvalue weighted by Gasteiger charge is 2.70. The van der Waals surface area contributed by atoms with Crippen LogP contribution in [0, 0.1) is 45.3 Å². The minimum Gasteiger partial charge on any atom is -0.380 e. The highest BCUT2D eigenvalue weighted by atomic mass is 16.5. The maximum Gasteiger partial charge on any atom is 0.318 e. The van der Waals surface area contributed by atoms with Gasteiger partial charge in [-0.3, -0.25) is 14.4 Å². The van der Waals surface area contributed by atoms with Gasteiger partial charge in [0.25, 0.3) is 0 Å². The molecule has 6 rings (SSSR count). The van der Waals surface area contributed by atoms with Gasteiger partial charge in [-0.2, -0.15) is 5.26 Å². The standard InChI is InChI=1S/C30H44N6O5/c1-27(2,3)22(33-26(40)35-9-8-29(14-35)15-41-16-29)25(39)36-13-19-20(28(19,4)5)21(36)24(38)32-18(12-31)10-17-11-30(6-7-30)34-23(17)37/h17-22H,6-11,13-16H2,1-5H3,(H,32,38)(H,33,40)(H,34,37)/t17-,18+,19+,20+,21+,22-/m1/s1. The van der Waals surface area contributed by atoms with Crippen LogP contribution in [0.5, 0.6) is 0 Å². The summed E-state index contributed by atoms with van der Waals surface area (Å²) in [7, 11) is 0. The second-order valence-electron chi connectivity index (χ2n) is 15.4. The van der Waals surface area contributed by atoms with Gasteiger partial charge in [-0.05, 0) is 54.8 Å². The van der Waals surface area contributed by atoms with E-state index >= 15 is 0 Å². The second-order valence-corrected chi connectivity index (χ2v) is 15.4. The van der Waals surface area contributed by atoms with Crippen LogP contribution < -0.4 is 16.0 Å². The molecule has 6 fully saturated rings. The molecule has 41 heavy (non-hydrogen) atoms. The van der Waals surface area contributed by atoms with Crippen LogP contribution in [0.3, 0.4) is 0 Å². The highest BCUT2D eigenvalue weighted by molar-refractivity contribution is 5.94. The van der Waals surface area contributed by atoms with Gasteiger partial charge in [-0.25, -0.2) is 4.79 Å². The number of fused-ring (bicyclic) bond motifs is 1. The number of nitrogens with one attached hydrogen (secondary N) is 3. The molecule has 2 spiro atoms. The number of rotatable bonds is 6. The maximum absolute atomic E-state index is 14.2. The molecule has 11 heteroatoms. The van der Waals surface area contributed by atoms with Gasteiger partial charge in [0.2, 0.25) is 17.7 Å². The van der Waals surface area contributed by atoms with E-state index in [-0.39, 0.29) is 64.3 Å². The Bertz CT molecular complexity index is 1190. The predicted molar refractivity (Wildman–Crippen MR) is 148 cm³/mol. The average molecular weight is 569 g/mol. The summed E-state index contributed by atoms with van der Waals surface area (Å²) in [5.41, 5.74) is -0.741. The molecule has 3 N–H and O–H groups in total. The van der Waals surface area contributed by atoms with E-state index in [9.17, 15) is 24.4 Å². The third kappa shape index (κ3) is 4.86. The van der Waals surface area contributed by atoms with Crippen LogP contribution in [0.25, 0.3) is 0 Å². The van der Waals surface area contributed by atoms with Crippen molar-refractivity contribution in [2.45, 2.75) is 90.4 Å². The van der Waals surface area contributed by atoms with Crippen molar-refractivity contribution in [1.29, 1.82) is 5.26 Å². The van der Waals surface area contributed by atoms with E-state index in [1.807, 2.05) is 20.8 Å². The number of urea groups is 1. The molecule has 5 amide bonds. The van der Waals surface area contributed by atoms with E-state index in [4.69, 9.17) is 4.74 Å². The summed E-state index contributed by atoms with van der Waals surface area (Å²) in [6.45, 7) is 13.0. The molecule has 2 saturated carbocycles. The van der Waals surface area contributed by atoms with E-state index < -0.39 is 23.5 Å². The fraction of sp³-hybridized carbons (Fsp3) is 0.833. The number of likely N-dealkylation sites (tertiary alicyclic amines) is 2. The number of nitriles is 1. The second kappa shape index (κ2) is 9.32. The zero-order valence-corrected chi connectivity index (χ0v) is 24.9. The monoisotopic (exact) mass is 568 g/mol. The molecule has 6 aliphatic rings. The van der Waals surface area contributed by atoms with Gasteiger partial charge in [0, 0.05) is 36.5 Å². The van der Waals surface area contributed by atoms with E-state index in [0.717, 1.165) is 19.3 Å². The Morgan fingerprint density at radius 2 is 1.88 bits per heavy atom. The minimum atomic E-state index is -0.818. The van der Waals surface area contributed by atoms with Gasteiger partial charge in [-0.1, -0.05) is 34.6 Å². The van der Waals surface area contributed by atoms with Crippen molar-refractivity contribution in [3.8, 4) is 6.07 Å². The summed E-state index contributed by atoms with van der Waals surface area (Å²) in [5, 5.41) is 18.8. The van der Waals surface area contributed by atoms with Crippen LogP contribution >= 0.6 is 0 Å². The smallest absolute Gasteiger partial charge is 0.318 e. The third-order valence-electron chi connectivity index (χ3n) is 10.9. The number of carbonyl (C=O) groups excluding carboxylic acids is 4. The lowest BCUT2D eigenvalue weighted by Crippen LogP contribution is -2.61. The molecule has 4 aliphatic heterocycles. The minimum absolute atomic E-state index is 0.0244. The number of hydrogen-bond acceptors (Lipinski definition) is 6. The Balaban J connectivity index is 1.15. The number of nitrogens with zero attached hydrogens (tertiary/aromatic N) is 3. The van der Waals surface area contributed by atoms with Gasteiger partial charge in [-0.15, -0.1) is 0 Å². The molecule has 0 aromatic carbocycles. The summed E-state index contributed by atoms with van der Waals surface area (Å²) in [5.74, 6) is -0.821. The molecule has 2 aliphatic carbocycles. The molecule has 0 aromatic rings. The lowest BCUT2D eigenvalue weighted by atomic mass is 9.85. The zero-order valence-electron chi connectivity index (χ0n) is 24.9. The first-order valence-corrected chi connectivity index (χ1v) is 15.1. The van der Waals surface area contributed by atoms with E-state index in [1.165, 1.54) is 0 Å². The summed E-state index contributed by atoms with van der Waals surface area (Å²) in [6.07, 6.45) is 3.79. The zero-order chi connectivity index (χ0) is 29.5. The Hall–Kier alpha value is -2.87. The lowest BCUT2D eigenvalue weighted by Gasteiger charge is -2.39. The molecule has 0 aromatic heterocycles. The molecule has 11 nitrogen and oxygen atoms in total. The molecule has 6 atom stereocenters. The summed E-state index contributed by atoms with van der Waals surface area (Å²) in [4.78, 5) is 57.2. The van der Waals surface area contributed by atoms with Gasteiger partial charge < -0.3 is 30.5 Å². The first kappa shape index (κ1) is 28.3. The summed E-state index contributed by atoms with van der Waals surface area (Å²) in [6, 6.07) is -0.447. The molecule has 0 radical (unpaired) electrons. The predicted octanol–water partition coefficient (Wildman–Crippen LogP) is 1.38. The maximum atomic E-state index is 14.2.